The van der Waals surface area contributed by atoms with Crippen molar-refractivity contribution in [3.63, 3.8) is 0 Å². The number of nitrogens with zero attached hydrogens (tertiary/aromatic N) is 1. The third-order valence-electron chi connectivity index (χ3n) is 3.62. The van der Waals surface area contributed by atoms with E-state index in [-0.39, 0.29) is 21.8 Å². The quantitative estimate of drug-likeness (QED) is 0.823. The van der Waals surface area contributed by atoms with E-state index >= 15 is 0 Å². The number of nitrogens with one attached hydrogen (secondary N) is 1. The van der Waals surface area contributed by atoms with E-state index < -0.39 is 23.7 Å². The van der Waals surface area contributed by atoms with Crippen LogP contribution in [0.25, 0.3) is 0 Å². The van der Waals surface area contributed by atoms with Crippen LogP contribution >= 0.6 is 11.3 Å². The van der Waals surface area contributed by atoms with Gasteiger partial charge in [0.1, 0.15) is 10.7 Å². The molecule has 9 heteroatoms. The van der Waals surface area contributed by atoms with Crippen molar-refractivity contribution in [3.05, 3.63) is 45.1 Å². The van der Waals surface area contributed by atoms with Crippen LogP contribution in [0.3, 0.4) is 0 Å². The Balaban J connectivity index is 2.35. The lowest BCUT2D eigenvalue weighted by molar-refractivity contribution is -0.141. The first-order valence-electron chi connectivity index (χ1n) is 7.10. The van der Waals surface area contributed by atoms with Crippen molar-refractivity contribution >= 4 is 28.2 Å². The second-order valence-electron chi connectivity index (χ2n) is 5.26. The molecule has 5 nitrogen and oxygen atoms in total. The number of methoxy groups -OCH3 is 1. The highest BCUT2D eigenvalue weighted by atomic mass is 32.1. The van der Waals surface area contributed by atoms with Crippen molar-refractivity contribution < 1.29 is 27.5 Å². The number of pyridine rings is 1. The summed E-state index contributed by atoms with van der Waals surface area (Å²) in [5, 5.41) is 2.84. The SMILES string of the molecule is COC(=O)c1c(NC(=O)c2ccc(C(F)(F)F)nc2C)sc(C)c1C. The number of hydrogen-bond acceptors (Lipinski definition) is 5. The number of esters is 1. The maximum Gasteiger partial charge on any atom is 0.433 e. The second kappa shape index (κ2) is 6.83. The molecule has 0 spiro atoms. The summed E-state index contributed by atoms with van der Waals surface area (Å²) in [5.41, 5.74) is -0.227. The van der Waals surface area contributed by atoms with Crippen LogP contribution in [0.2, 0.25) is 0 Å². The normalized spacial score (nSPS) is 11.3. The smallest absolute Gasteiger partial charge is 0.433 e. The lowest BCUT2D eigenvalue weighted by atomic mass is 10.1. The first-order valence-corrected chi connectivity index (χ1v) is 7.92. The van der Waals surface area contributed by atoms with Gasteiger partial charge in [-0.15, -0.1) is 11.3 Å². The number of anilines is 1. The van der Waals surface area contributed by atoms with Crippen LogP contribution in [0.1, 0.15) is 42.5 Å². The monoisotopic (exact) mass is 372 g/mol. The van der Waals surface area contributed by atoms with Crippen LogP contribution in [0.15, 0.2) is 12.1 Å². The van der Waals surface area contributed by atoms with Crippen molar-refractivity contribution in [1.82, 2.24) is 4.98 Å². The van der Waals surface area contributed by atoms with E-state index in [9.17, 15) is 22.8 Å². The van der Waals surface area contributed by atoms with Gasteiger partial charge in [0.2, 0.25) is 0 Å². The summed E-state index contributed by atoms with van der Waals surface area (Å²) in [4.78, 5) is 28.6. The summed E-state index contributed by atoms with van der Waals surface area (Å²) >= 11 is 1.19. The van der Waals surface area contributed by atoms with Gasteiger partial charge in [0.05, 0.1) is 23.9 Å². The molecule has 0 atom stereocenters. The predicted molar refractivity (Wildman–Crippen MR) is 87.1 cm³/mol. The molecule has 1 amide bonds. The van der Waals surface area contributed by atoms with Gasteiger partial charge in [0.25, 0.3) is 5.91 Å². The standard InChI is InChI=1S/C16H15F3N2O3S/c1-7-9(3)25-14(12(7)15(23)24-4)21-13(22)10-5-6-11(16(17,18)19)20-8(10)2/h5-6H,1-4H3,(H,21,22). The van der Waals surface area contributed by atoms with Gasteiger partial charge in [-0.05, 0) is 38.5 Å². The molecule has 0 fully saturated rings. The number of alkyl halides is 3. The van der Waals surface area contributed by atoms with Gasteiger partial charge in [0.15, 0.2) is 0 Å². The number of hydrogen-bond donors (Lipinski definition) is 1. The van der Waals surface area contributed by atoms with Crippen molar-refractivity contribution in [3.8, 4) is 0 Å². The molecule has 0 radical (unpaired) electrons. The highest BCUT2D eigenvalue weighted by molar-refractivity contribution is 7.16. The van der Waals surface area contributed by atoms with Crippen LogP contribution in [-0.4, -0.2) is 24.0 Å². The Bertz CT molecular complexity index is 844. The van der Waals surface area contributed by atoms with Gasteiger partial charge in [-0.2, -0.15) is 13.2 Å². The number of ether oxygens (including phenoxy) is 1. The van der Waals surface area contributed by atoms with Gasteiger partial charge in [0, 0.05) is 4.88 Å². The summed E-state index contributed by atoms with van der Waals surface area (Å²) in [5.74, 6) is -1.25. The van der Waals surface area contributed by atoms with Crippen molar-refractivity contribution in [2.45, 2.75) is 26.9 Å². The molecule has 0 unspecified atom stereocenters. The lowest BCUT2D eigenvalue weighted by Crippen LogP contribution is -2.17. The molecule has 1 N–H and O–H groups in total. The Morgan fingerprint density at radius 1 is 1.20 bits per heavy atom. The van der Waals surface area contributed by atoms with Crippen LogP contribution in [0.4, 0.5) is 18.2 Å². The number of amides is 1. The summed E-state index contributed by atoms with van der Waals surface area (Å²) in [6.07, 6.45) is -4.58. The molecule has 2 rings (SSSR count). The molecule has 0 aliphatic heterocycles. The van der Waals surface area contributed by atoms with E-state index in [1.165, 1.54) is 25.4 Å². The van der Waals surface area contributed by atoms with E-state index in [0.717, 1.165) is 17.0 Å². The minimum absolute atomic E-state index is 0.00692. The molecule has 0 saturated carbocycles. The van der Waals surface area contributed by atoms with Crippen molar-refractivity contribution in [2.24, 2.45) is 0 Å². The Kier molecular flexibility index (Phi) is 5.17. The van der Waals surface area contributed by atoms with Crippen LogP contribution in [-0.2, 0) is 10.9 Å². The summed E-state index contributed by atoms with van der Waals surface area (Å²) in [6, 6.07) is 1.81. The first kappa shape index (κ1) is 18.9. The number of aromatic nitrogens is 1. The molecule has 0 aliphatic carbocycles. The van der Waals surface area contributed by atoms with E-state index in [1.807, 2.05) is 0 Å². The summed E-state index contributed by atoms with van der Waals surface area (Å²) in [6.45, 7) is 4.82. The number of rotatable bonds is 3. The zero-order valence-electron chi connectivity index (χ0n) is 13.9. The van der Waals surface area contributed by atoms with Gasteiger partial charge < -0.3 is 10.1 Å². The number of carbonyl (C=O) groups excluding carboxylic acids is 2. The van der Waals surface area contributed by atoms with Crippen LogP contribution in [0, 0.1) is 20.8 Å². The fourth-order valence-corrected chi connectivity index (χ4v) is 3.24. The Hall–Kier alpha value is -2.42. The fourth-order valence-electron chi connectivity index (χ4n) is 2.19. The molecule has 0 saturated heterocycles. The van der Waals surface area contributed by atoms with Crippen LogP contribution in [0.5, 0.6) is 0 Å². The fraction of sp³-hybridized carbons (Fsp3) is 0.312. The largest absolute Gasteiger partial charge is 0.465 e. The minimum Gasteiger partial charge on any atom is -0.465 e. The number of thiophene rings is 1. The average Bonchev–Trinajstić information content (AvgIpc) is 2.79. The van der Waals surface area contributed by atoms with E-state index in [0.29, 0.717) is 5.56 Å². The maximum atomic E-state index is 12.7. The third kappa shape index (κ3) is 3.81. The minimum atomic E-state index is -4.58. The summed E-state index contributed by atoms with van der Waals surface area (Å²) < 4.78 is 42.7. The molecule has 25 heavy (non-hydrogen) atoms. The number of aryl methyl sites for hydroxylation is 2. The third-order valence-corrected chi connectivity index (χ3v) is 4.75. The molecule has 0 bridgehead atoms. The van der Waals surface area contributed by atoms with E-state index in [1.54, 1.807) is 13.8 Å². The molecule has 134 valence electrons. The number of halogens is 3. The van der Waals surface area contributed by atoms with Crippen molar-refractivity contribution in [1.29, 1.82) is 0 Å². The number of carbonyl (C=O) groups is 2. The Labute approximate surface area is 145 Å². The van der Waals surface area contributed by atoms with Gasteiger partial charge in [-0.1, -0.05) is 0 Å². The van der Waals surface area contributed by atoms with Gasteiger partial charge in [-0.25, -0.2) is 9.78 Å². The highest BCUT2D eigenvalue weighted by Crippen LogP contribution is 2.33. The average molecular weight is 372 g/mol. The Morgan fingerprint density at radius 2 is 1.84 bits per heavy atom. The Morgan fingerprint density at radius 3 is 2.36 bits per heavy atom. The van der Waals surface area contributed by atoms with Crippen LogP contribution < -0.4 is 5.32 Å². The van der Waals surface area contributed by atoms with E-state index in [4.69, 9.17) is 4.74 Å². The molecular weight excluding hydrogens is 357 g/mol. The molecular formula is C16H15F3N2O3S. The lowest BCUT2D eigenvalue weighted by Gasteiger charge is -2.10. The molecule has 2 aromatic rings. The zero-order chi connectivity index (χ0) is 18.9. The predicted octanol–water partition coefficient (Wildman–Crippen LogP) is 4.13. The molecule has 0 aromatic carbocycles. The topological polar surface area (TPSA) is 68.3 Å². The molecule has 2 aromatic heterocycles. The second-order valence-corrected chi connectivity index (χ2v) is 6.49. The summed E-state index contributed by atoms with van der Waals surface area (Å²) in [7, 11) is 1.23. The van der Waals surface area contributed by atoms with E-state index in [2.05, 4.69) is 10.3 Å². The van der Waals surface area contributed by atoms with Gasteiger partial charge >= 0.3 is 12.1 Å². The molecule has 0 aliphatic rings. The molecule has 2 heterocycles. The maximum absolute atomic E-state index is 12.7. The zero-order valence-corrected chi connectivity index (χ0v) is 14.7. The first-order chi connectivity index (χ1) is 11.6. The van der Waals surface area contributed by atoms with Gasteiger partial charge in [-0.3, -0.25) is 4.79 Å². The van der Waals surface area contributed by atoms with Crippen molar-refractivity contribution in [2.75, 3.05) is 12.4 Å². The highest BCUT2D eigenvalue weighted by Gasteiger charge is 2.33.